The van der Waals surface area contributed by atoms with E-state index in [1.54, 1.807) is 0 Å². The molecule has 112 valence electrons. The lowest BCUT2D eigenvalue weighted by Crippen LogP contribution is -2.13. The normalized spacial score (nSPS) is 10.3. The molecule has 0 atom stereocenters. The molecule has 1 aromatic carbocycles. The lowest BCUT2D eigenvalue weighted by atomic mass is 10.3. The molecule has 0 amide bonds. The van der Waals surface area contributed by atoms with Crippen molar-refractivity contribution in [2.45, 2.75) is 13.3 Å². The zero-order valence-electron chi connectivity index (χ0n) is 11.1. The van der Waals surface area contributed by atoms with Crippen molar-refractivity contribution in [1.29, 1.82) is 0 Å². The van der Waals surface area contributed by atoms with Gasteiger partial charge in [-0.2, -0.15) is 9.97 Å². The minimum atomic E-state index is -0.473. The van der Waals surface area contributed by atoms with E-state index in [-0.39, 0.29) is 28.7 Å². The number of benzene rings is 1. The Kier molecular flexibility index (Phi) is 5.07. The van der Waals surface area contributed by atoms with Crippen molar-refractivity contribution in [3.05, 3.63) is 29.0 Å². The van der Waals surface area contributed by atoms with Gasteiger partial charge >= 0.3 is 12.0 Å². The van der Waals surface area contributed by atoms with Gasteiger partial charge in [-0.05, 0) is 24.6 Å². The second-order valence-corrected chi connectivity index (χ2v) is 4.30. The Morgan fingerprint density at radius 3 is 2.71 bits per heavy atom. The van der Waals surface area contributed by atoms with Crippen molar-refractivity contribution in [1.82, 2.24) is 15.0 Å². The molecule has 3 N–H and O–H groups in total. The molecule has 0 unspecified atom stereocenters. The summed E-state index contributed by atoms with van der Waals surface area (Å²) in [6.07, 6.45) is 0.789. The van der Waals surface area contributed by atoms with Crippen LogP contribution in [0, 0.1) is 5.82 Å². The highest BCUT2D eigenvalue weighted by Crippen LogP contribution is 2.28. The van der Waals surface area contributed by atoms with Crippen LogP contribution in [0.15, 0.2) is 18.2 Å². The van der Waals surface area contributed by atoms with Gasteiger partial charge in [0.25, 0.3) is 0 Å². The topological polar surface area (TPSA) is 95.2 Å². The molecule has 9 heteroatoms. The van der Waals surface area contributed by atoms with E-state index in [0.717, 1.165) is 12.5 Å². The third kappa shape index (κ3) is 4.14. The fourth-order valence-corrected chi connectivity index (χ4v) is 1.57. The highest BCUT2D eigenvalue weighted by molar-refractivity contribution is 6.32. The molecule has 0 fully saturated rings. The highest BCUT2D eigenvalue weighted by Gasteiger charge is 2.11. The molecule has 0 saturated heterocycles. The summed E-state index contributed by atoms with van der Waals surface area (Å²) in [5.41, 5.74) is 2.28. The molecule has 0 aliphatic rings. The van der Waals surface area contributed by atoms with Gasteiger partial charge in [0.2, 0.25) is 5.95 Å². The van der Waals surface area contributed by atoms with E-state index >= 15 is 0 Å². The van der Waals surface area contributed by atoms with E-state index in [0.29, 0.717) is 6.61 Å². The molecule has 0 aliphatic heterocycles. The summed E-state index contributed by atoms with van der Waals surface area (Å²) in [5, 5.41) is 0.0914. The zero-order chi connectivity index (χ0) is 15.2. The first-order valence-electron chi connectivity index (χ1n) is 6.10. The van der Waals surface area contributed by atoms with Crippen LogP contribution in [-0.4, -0.2) is 21.6 Å². The number of nitrogens with two attached hydrogens (primary N) is 1. The Morgan fingerprint density at radius 2 is 2.05 bits per heavy atom. The van der Waals surface area contributed by atoms with E-state index in [2.05, 4.69) is 20.4 Å². The minimum absolute atomic E-state index is 0.0630. The Bertz CT molecular complexity index is 629. The van der Waals surface area contributed by atoms with Gasteiger partial charge in [0.1, 0.15) is 11.6 Å². The predicted molar refractivity (Wildman–Crippen MR) is 74.9 cm³/mol. The van der Waals surface area contributed by atoms with E-state index in [1.807, 2.05) is 6.92 Å². The summed E-state index contributed by atoms with van der Waals surface area (Å²) >= 11 is 5.87. The van der Waals surface area contributed by atoms with Crippen LogP contribution in [-0.2, 0) is 0 Å². The van der Waals surface area contributed by atoms with Gasteiger partial charge in [-0.25, -0.2) is 10.2 Å². The van der Waals surface area contributed by atoms with Gasteiger partial charge in [-0.3, -0.25) is 5.43 Å². The summed E-state index contributed by atoms with van der Waals surface area (Å²) in [7, 11) is 0. The molecule has 0 aliphatic carbocycles. The van der Waals surface area contributed by atoms with Crippen LogP contribution < -0.4 is 20.7 Å². The van der Waals surface area contributed by atoms with Crippen LogP contribution in [0.25, 0.3) is 0 Å². The summed E-state index contributed by atoms with van der Waals surface area (Å²) in [4.78, 5) is 11.8. The van der Waals surface area contributed by atoms with E-state index in [9.17, 15) is 4.39 Å². The monoisotopic (exact) mass is 313 g/mol. The molecule has 21 heavy (non-hydrogen) atoms. The van der Waals surface area contributed by atoms with Crippen LogP contribution in [0.5, 0.6) is 17.8 Å². The number of anilines is 1. The lowest BCUT2D eigenvalue weighted by molar-refractivity contribution is 0.285. The van der Waals surface area contributed by atoms with Crippen molar-refractivity contribution in [2.75, 3.05) is 12.0 Å². The molecular formula is C12H13ClFN5O2. The molecule has 1 heterocycles. The average Bonchev–Trinajstić information content (AvgIpc) is 2.48. The van der Waals surface area contributed by atoms with Crippen molar-refractivity contribution >= 4 is 17.5 Å². The third-order valence-electron chi connectivity index (χ3n) is 2.25. The molecule has 0 saturated carbocycles. The molecule has 2 aromatic rings. The Morgan fingerprint density at radius 1 is 1.29 bits per heavy atom. The van der Waals surface area contributed by atoms with Crippen LogP contribution in [0.3, 0.4) is 0 Å². The second-order valence-electron chi connectivity index (χ2n) is 3.89. The predicted octanol–water partition coefficient (Wildman–Crippen LogP) is 2.53. The van der Waals surface area contributed by atoms with Gasteiger partial charge < -0.3 is 9.47 Å². The van der Waals surface area contributed by atoms with Crippen LogP contribution in [0.2, 0.25) is 5.02 Å². The number of nitrogens with one attached hydrogen (secondary N) is 1. The van der Waals surface area contributed by atoms with Crippen molar-refractivity contribution in [3.8, 4) is 17.8 Å². The quantitative estimate of drug-likeness (QED) is 0.625. The first-order valence-corrected chi connectivity index (χ1v) is 6.48. The molecule has 0 spiro atoms. The number of hydrogen-bond acceptors (Lipinski definition) is 7. The number of aromatic nitrogens is 3. The third-order valence-corrected chi connectivity index (χ3v) is 2.55. The number of hydrogen-bond donors (Lipinski definition) is 2. The Labute approximate surface area is 125 Å². The van der Waals surface area contributed by atoms with Crippen molar-refractivity contribution in [3.63, 3.8) is 0 Å². The lowest BCUT2D eigenvalue weighted by Gasteiger charge is -2.09. The maximum absolute atomic E-state index is 13.0. The average molecular weight is 314 g/mol. The molecular weight excluding hydrogens is 301 g/mol. The SMILES string of the molecule is CCCOc1nc(NN)nc(Oc2ccc(F)cc2Cl)n1. The fourth-order valence-electron chi connectivity index (χ4n) is 1.36. The Balaban J connectivity index is 2.25. The second kappa shape index (κ2) is 7.00. The standard InChI is InChI=1S/C12H13ClFN5O2/c1-2-5-20-11-16-10(19-15)17-12(18-11)21-9-4-3-7(14)6-8(9)13/h3-4,6H,2,5,15H2,1H3,(H,16,17,18,19). The highest BCUT2D eigenvalue weighted by atomic mass is 35.5. The number of hydrazine groups is 1. The summed E-state index contributed by atoms with van der Waals surface area (Å²) in [6, 6.07) is 3.68. The molecule has 2 rings (SSSR count). The largest absolute Gasteiger partial charge is 0.463 e. The van der Waals surface area contributed by atoms with Gasteiger partial charge in [0, 0.05) is 0 Å². The Hall–Kier alpha value is -2.19. The first kappa shape index (κ1) is 15.2. The number of nitrogens with zero attached hydrogens (tertiary/aromatic N) is 3. The zero-order valence-corrected chi connectivity index (χ0v) is 11.9. The number of nitrogen functional groups attached to an aromatic ring is 1. The maximum Gasteiger partial charge on any atom is 0.330 e. The van der Waals surface area contributed by atoms with Crippen LogP contribution in [0.4, 0.5) is 10.3 Å². The molecule has 0 bridgehead atoms. The van der Waals surface area contributed by atoms with Gasteiger partial charge in [0.15, 0.2) is 0 Å². The number of ether oxygens (including phenoxy) is 2. The minimum Gasteiger partial charge on any atom is -0.463 e. The van der Waals surface area contributed by atoms with Crippen molar-refractivity contribution < 1.29 is 13.9 Å². The smallest absolute Gasteiger partial charge is 0.330 e. The van der Waals surface area contributed by atoms with E-state index in [1.165, 1.54) is 12.1 Å². The summed E-state index contributed by atoms with van der Waals surface area (Å²) < 4.78 is 23.7. The summed E-state index contributed by atoms with van der Waals surface area (Å²) in [5.74, 6) is 5.07. The van der Waals surface area contributed by atoms with E-state index in [4.69, 9.17) is 26.9 Å². The first-order chi connectivity index (χ1) is 10.1. The number of halogens is 2. The van der Waals surface area contributed by atoms with Gasteiger partial charge in [0.05, 0.1) is 11.6 Å². The molecule has 1 aromatic heterocycles. The molecule has 0 radical (unpaired) electrons. The summed E-state index contributed by atoms with van der Waals surface area (Å²) in [6.45, 7) is 2.38. The van der Waals surface area contributed by atoms with Crippen LogP contribution in [0.1, 0.15) is 13.3 Å². The fraction of sp³-hybridized carbons (Fsp3) is 0.250. The molecule has 7 nitrogen and oxygen atoms in total. The van der Waals surface area contributed by atoms with Crippen molar-refractivity contribution in [2.24, 2.45) is 5.84 Å². The van der Waals surface area contributed by atoms with Gasteiger partial charge in [-0.1, -0.05) is 18.5 Å². The van der Waals surface area contributed by atoms with Crippen LogP contribution >= 0.6 is 11.6 Å². The maximum atomic E-state index is 13.0. The van der Waals surface area contributed by atoms with E-state index < -0.39 is 5.82 Å². The van der Waals surface area contributed by atoms with Gasteiger partial charge in [-0.15, -0.1) is 4.98 Å². The number of rotatable bonds is 6.